The van der Waals surface area contributed by atoms with Crippen molar-refractivity contribution in [2.75, 3.05) is 32.8 Å². The standard InChI is InChI=1S/C18H23N3O4/c1-13(20-18(22)21-15-6-8-19-9-7-15)14-4-5-16(17(12-14)24-3)25-11-10-23-2/h4-9,12-13H,10-11H2,1-3H3,(H2,19,20,21,22). The van der Waals surface area contributed by atoms with E-state index in [1.165, 1.54) is 0 Å². The largest absolute Gasteiger partial charge is 0.493 e. The average molecular weight is 345 g/mol. The lowest BCUT2D eigenvalue weighted by atomic mass is 10.1. The van der Waals surface area contributed by atoms with E-state index in [9.17, 15) is 4.79 Å². The van der Waals surface area contributed by atoms with Crippen molar-refractivity contribution in [1.82, 2.24) is 10.3 Å². The van der Waals surface area contributed by atoms with Crippen molar-refractivity contribution >= 4 is 11.7 Å². The third-order valence-electron chi connectivity index (χ3n) is 3.52. The van der Waals surface area contributed by atoms with Crippen molar-refractivity contribution in [2.45, 2.75) is 13.0 Å². The Labute approximate surface area is 147 Å². The first-order valence-electron chi connectivity index (χ1n) is 7.91. The molecule has 1 heterocycles. The number of hydrogen-bond acceptors (Lipinski definition) is 5. The molecule has 1 unspecified atom stereocenters. The molecule has 0 aliphatic carbocycles. The first-order chi connectivity index (χ1) is 12.1. The van der Waals surface area contributed by atoms with E-state index in [2.05, 4.69) is 15.6 Å². The van der Waals surface area contributed by atoms with Gasteiger partial charge < -0.3 is 24.8 Å². The van der Waals surface area contributed by atoms with Gasteiger partial charge in [0.2, 0.25) is 0 Å². The number of carbonyl (C=O) groups is 1. The number of carbonyl (C=O) groups excluding carboxylic acids is 1. The Hall–Kier alpha value is -2.80. The number of methoxy groups -OCH3 is 2. The third-order valence-corrected chi connectivity index (χ3v) is 3.52. The lowest BCUT2D eigenvalue weighted by molar-refractivity contribution is 0.144. The predicted molar refractivity (Wildman–Crippen MR) is 95.2 cm³/mol. The fourth-order valence-electron chi connectivity index (χ4n) is 2.19. The zero-order valence-corrected chi connectivity index (χ0v) is 14.6. The van der Waals surface area contributed by atoms with Gasteiger partial charge in [0.05, 0.1) is 19.8 Å². The number of nitrogens with one attached hydrogen (secondary N) is 2. The molecule has 2 aromatic rings. The van der Waals surface area contributed by atoms with Gasteiger partial charge in [-0.1, -0.05) is 6.07 Å². The smallest absolute Gasteiger partial charge is 0.319 e. The minimum atomic E-state index is -0.293. The fraction of sp³-hybridized carbons (Fsp3) is 0.333. The maximum Gasteiger partial charge on any atom is 0.319 e. The van der Waals surface area contributed by atoms with Crippen LogP contribution in [0.3, 0.4) is 0 Å². The summed E-state index contributed by atoms with van der Waals surface area (Å²) in [7, 11) is 3.20. The number of rotatable bonds is 8. The van der Waals surface area contributed by atoms with Crippen LogP contribution >= 0.6 is 0 Å². The number of urea groups is 1. The maximum atomic E-state index is 12.1. The van der Waals surface area contributed by atoms with Crippen LogP contribution in [0.5, 0.6) is 11.5 Å². The second-order valence-corrected chi connectivity index (χ2v) is 5.31. The summed E-state index contributed by atoms with van der Waals surface area (Å²) < 4.78 is 15.9. The second-order valence-electron chi connectivity index (χ2n) is 5.31. The van der Waals surface area contributed by atoms with Crippen molar-refractivity contribution in [1.29, 1.82) is 0 Å². The number of aromatic nitrogens is 1. The summed E-state index contributed by atoms with van der Waals surface area (Å²) in [6.07, 6.45) is 3.23. The monoisotopic (exact) mass is 345 g/mol. The van der Waals surface area contributed by atoms with E-state index < -0.39 is 0 Å². The Morgan fingerprint density at radius 2 is 1.88 bits per heavy atom. The second kappa shape index (κ2) is 9.48. The highest BCUT2D eigenvalue weighted by Crippen LogP contribution is 2.30. The van der Waals surface area contributed by atoms with Gasteiger partial charge in [-0.05, 0) is 36.8 Å². The lowest BCUT2D eigenvalue weighted by Crippen LogP contribution is -2.31. The average Bonchev–Trinajstić information content (AvgIpc) is 2.62. The number of benzene rings is 1. The first kappa shape index (κ1) is 18.5. The van der Waals surface area contributed by atoms with Gasteiger partial charge >= 0.3 is 6.03 Å². The summed E-state index contributed by atoms with van der Waals surface area (Å²) in [6, 6.07) is 8.50. The van der Waals surface area contributed by atoms with Crippen molar-refractivity contribution < 1.29 is 19.0 Å². The minimum absolute atomic E-state index is 0.205. The number of hydrogen-bond donors (Lipinski definition) is 2. The topological polar surface area (TPSA) is 81.7 Å². The Morgan fingerprint density at radius 3 is 2.56 bits per heavy atom. The molecule has 0 radical (unpaired) electrons. The van der Waals surface area contributed by atoms with Gasteiger partial charge in [-0.2, -0.15) is 0 Å². The number of ether oxygens (including phenoxy) is 3. The summed E-state index contributed by atoms with van der Waals surface area (Å²) in [5.41, 5.74) is 1.58. The molecule has 25 heavy (non-hydrogen) atoms. The van der Waals surface area contributed by atoms with Gasteiger partial charge in [0.25, 0.3) is 0 Å². The summed E-state index contributed by atoms with van der Waals surface area (Å²) in [6.45, 7) is 2.83. The molecule has 0 saturated heterocycles. The number of anilines is 1. The molecule has 0 bridgehead atoms. The van der Waals surface area contributed by atoms with E-state index >= 15 is 0 Å². The number of pyridine rings is 1. The summed E-state index contributed by atoms with van der Waals surface area (Å²) in [5, 5.41) is 5.64. The van der Waals surface area contributed by atoms with E-state index in [-0.39, 0.29) is 12.1 Å². The molecule has 0 aliphatic heterocycles. The Balaban J connectivity index is 1.98. The summed E-state index contributed by atoms with van der Waals surface area (Å²) >= 11 is 0. The van der Waals surface area contributed by atoms with Gasteiger partial charge in [-0.25, -0.2) is 4.79 Å². The SMILES string of the molecule is COCCOc1ccc(C(C)NC(=O)Nc2ccncc2)cc1OC. The molecule has 1 atom stereocenters. The summed E-state index contributed by atoms with van der Waals surface area (Å²) in [4.78, 5) is 16.0. The van der Waals surface area contributed by atoms with Crippen LogP contribution in [0, 0.1) is 0 Å². The van der Waals surface area contributed by atoms with Crippen LogP contribution in [0.15, 0.2) is 42.7 Å². The van der Waals surface area contributed by atoms with Gasteiger partial charge in [0.15, 0.2) is 11.5 Å². The van der Waals surface area contributed by atoms with Crippen LogP contribution in [0.4, 0.5) is 10.5 Å². The van der Waals surface area contributed by atoms with Crippen LogP contribution in [0.25, 0.3) is 0 Å². The van der Waals surface area contributed by atoms with Crippen LogP contribution in [0.2, 0.25) is 0 Å². The van der Waals surface area contributed by atoms with E-state index in [4.69, 9.17) is 14.2 Å². The normalized spacial score (nSPS) is 11.5. The highest BCUT2D eigenvalue weighted by Gasteiger charge is 2.13. The molecule has 7 nitrogen and oxygen atoms in total. The van der Waals surface area contributed by atoms with E-state index in [0.717, 1.165) is 5.56 Å². The van der Waals surface area contributed by atoms with Gasteiger partial charge in [0, 0.05) is 25.2 Å². The molecule has 1 aromatic carbocycles. The highest BCUT2D eigenvalue weighted by molar-refractivity contribution is 5.89. The highest BCUT2D eigenvalue weighted by atomic mass is 16.5. The molecule has 134 valence electrons. The Bertz CT molecular complexity index is 679. The molecule has 0 spiro atoms. The van der Waals surface area contributed by atoms with Crippen LogP contribution in [-0.4, -0.2) is 38.4 Å². The fourth-order valence-corrected chi connectivity index (χ4v) is 2.19. The maximum absolute atomic E-state index is 12.1. The van der Waals surface area contributed by atoms with Crippen LogP contribution in [0.1, 0.15) is 18.5 Å². The predicted octanol–water partition coefficient (Wildman–Crippen LogP) is 3.00. The number of nitrogens with zero attached hydrogens (tertiary/aromatic N) is 1. The molecule has 0 fully saturated rings. The van der Waals surface area contributed by atoms with E-state index in [0.29, 0.717) is 30.4 Å². The van der Waals surface area contributed by atoms with Crippen molar-refractivity contribution in [3.8, 4) is 11.5 Å². The van der Waals surface area contributed by atoms with Crippen molar-refractivity contribution in [3.63, 3.8) is 0 Å². The zero-order chi connectivity index (χ0) is 18.1. The summed E-state index contributed by atoms with van der Waals surface area (Å²) in [5.74, 6) is 1.24. The molecule has 0 aliphatic rings. The minimum Gasteiger partial charge on any atom is -0.493 e. The molecule has 7 heteroatoms. The van der Waals surface area contributed by atoms with Gasteiger partial charge in [0.1, 0.15) is 6.61 Å². The van der Waals surface area contributed by atoms with Gasteiger partial charge in [-0.15, -0.1) is 0 Å². The van der Waals surface area contributed by atoms with Crippen LogP contribution in [-0.2, 0) is 4.74 Å². The molecule has 2 amide bonds. The zero-order valence-electron chi connectivity index (χ0n) is 14.6. The quantitative estimate of drug-likeness (QED) is 0.719. The van der Waals surface area contributed by atoms with Crippen molar-refractivity contribution in [3.05, 3.63) is 48.3 Å². The lowest BCUT2D eigenvalue weighted by Gasteiger charge is -2.17. The molecule has 2 N–H and O–H groups in total. The Kier molecular flexibility index (Phi) is 7.03. The Morgan fingerprint density at radius 1 is 1.12 bits per heavy atom. The van der Waals surface area contributed by atoms with E-state index in [1.54, 1.807) is 38.7 Å². The molecule has 2 rings (SSSR count). The van der Waals surface area contributed by atoms with Gasteiger partial charge in [-0.3, -0.25) is 4.98 Å². The van der Waals surface area contributed by atoms with Crippen molar-refractivity contribution in [2.24, 2.45) is 0 Å². The molecular weight excluding hydrogens is 322 g/mol. The van der Waals surface area contributed by atoms with Crippen LogP contribution < -0.4 is 20.1 Å². The number of amides is 2. The molecular formula is C18H23N3O4. The molecule has 1 aromatic heterocycles. The van der Waals surface area contributed by atoms with E-state index in [1.807, 2.05) is 25.1 Å². The first-order valence-corrected chi connectivity index (χ1v) is 7.91. The molecule has 0 saturated carbocycles. The third kappa shape index (κ3) is 5.65.